The number of nitrogens with two attached hydrogens (primary N) is 1. The highest BCUT2D eigenvalue weighted by molar-refractivity contribution is 7.21. The van der Waals surface area contributed by atoms with Gasteiger partial charge in [-0.3, -0.25) is 9.78 Å². The molecule has 106 valence electrons. The van der Waals surface area contributed by atoms with Crippen molar-refractivity contribution >= 4 is 33.1 Å². The summed E-state index contributed by atoms with van der Waals surface area (Å²) in [5.74, 6) is -0.195. The molecule has 0 bridgehead atoms. The van der Waals surface area contributed by atoms with Crippen LogP contribution in [0.2, 0.25) is 0 Å². The van der Waals surface area contributed by atoms with Crippen LogP contribution in [0.25, 0.3) is 10.2 Å². The van der Waals surface area contributed by atoms with Crippen molar-refractivity contribution in [2.45, 2.75) is 6.10 Å². The quantitative estimate of drug-likeness (QED) is 0.882. The molecule has 20 heavy (non-hydrogen) atoms. The Balaban J connectivity index is 1.70. The van der Waals surface area contributed by atoms with Gasteiger partial charge in [0, 0.05) is 12.7 Å². The normalized spacial score (nSPS) is 19.1. The molecule has 0 aliphatic carbocycles. The Kier molecular flexibility index (Phi) is 3.81. The summed E-state index contributed by atoms with van der Waals surface area (Å²) in [4.78, 5) is 16.9. The predicted molar refractivity (Wildman–Crippen MR) is 76.9 cm³/mol. The van der Waals surface area contributed by atoms with E-state index in [1.807, 2.05) is 12.1 Å². The SMILES string of the molecule is Nc1c(C(=O)NCC2COCCO2)sc2cccnc12. The Hall–Kier alpha value is -1.70. The third-order valence-electron chi connectivity index (χ3n) is 3.06. The fourth-order valence-electron chi connectivity index (χ4n) is 2.06. The largest absolute Gasteiger partial charge is 0.396 e. The summed E-state index contributed by atoms with van der Waals surface area (Å²) in [6.07, 6.45) is 1.57. The highest BCUT2D eigenvalue weighted by Gasteiger charge is 2.19. The number of nitrogen functional groups attached to an aromatic ring is 1. The first-order chi connectivity index (χ1) is 9.75. The van der Waals surface area contributed by atoms with E-state index in [1.165, 1.54) is 11.3 Å². The summed E-state index contributed by atoms with van der Waals surface area (Å²) in [5.41, 5.74) is 7.09. The number of thiophene rings is 1. The van der Waals surface area contributed by atoms with Crippen molar-refractivity contribution in [1.82, 2.24) is 10.3 Å². The first-order valence-corrected chi connectivity index (χ1v) is 7.18. The molecule has 1 aliphatic rings. The lowest BCUT2D eigenvalue weighted by Crippen LogP contribution is -2.39. The summed E-state index contributed by atoms with van der Waals surface area (Å²) in [5, 5.41) is 2.83. The number of ether oxygens (including phenoxy) is 2. The molecule has 1 atom stereocenters. The first-order valence-electron chi connectivity index (χ1n) is 6.36. The van der Waals surface area contributed by atoms with Gasteiger partial charge in [0.1, 0.15) is 10.4 Å². The second-order valence-corrected chi connectivity index (χ2v) is 5.52. The van der Waals surface area contributed by atoms with Gasteiger partial charge in [-0.05, 0) is 12.1 Å². The van der Waals surface area contributed by atoms with E-state index >= 15 is 0 Å². The van der Waals surface area contributed by atoms with Crippen LogP contribution in [0.15, 0.2) is 18.3 Å². The number of aromatic nitrogens is 1. The number of rotatable bonds is 3. The Labute approximate surface area is 119 Å². The van der Waals surface area contributed by atoms with Crippen molar-refractivity contribution < 1.29 is 14.3 Å². The van der Waals surface area contributed by atoms with Gasteiger partial charge < -0.3 is 20.5 Å². The highest BCUT2D eigenvalue weighted by atomic mass is 32.1. The Morgan fingerprint density at radius 2 is 2.45 bits per heavy atom. The molecule has 2 aromatic rings. The minimum absolute atomic E-state index is 0.0959. The molecular weight excluding hydrogens is 278 g/mol. The number of fused-ring (bicyclic) bond motifs is 1. The first kappa shape index (κ1) is 13.3. The molecule has 1 aliphatic heterocycles. The van der Waals surface area contributed by atoms with Gasteiger partial charge in [-0.1, -0.05) is 0 Å². The maximum atomic E-state index is 12.2. The number of nitrogens with zero attached hydrogens (tertiary/aromatic N) is 1. The van der Waals surface area contributed by atoms with Gasteiger partial charge in [-0.25, -0.2) is 0 Å². The van der Waals surface area contributed by atoms with Crippen LogP contribution in [0.1, 0.15) is 9.67 Å². The lowest BCUT2D eigenvalue weighted by Gasteiger charge is -2.22. The Bertz CT molecular complexity index is 622. The van der Waals surface area contributed by atoms with Gasteiger partial charge in [0.2, 0.25) is 0 Å². The van der Waals surface area contributed by atoms with Crippen molar-refractivity contribution in [3.8, 4) is 0 Å². The average molecular weight is 293 g/mol. The number of anilines is 1. The van der Waals surface area contributed by atoms with Crippen molar-refractivity contribution in [2.24, 2.45) is 0 Å². The Morgan fingerprint density at radius 1 is 1.55 bits per heavy atom. The monoisotopic (exact) mass is 293 g/mol. The number of hydrogen-bond donors (Lipinski definition) is 2. The number of carbonyl (C=O) groups is 1. The lowest BCUT2D eigenvalue weighted by atomic mass is 10.3. The van der Waals surface area contributed by atoms with Crippen LogP contribution in [0, 0.1) is 0 Å². The predicted octanol–water partition coefficient (Wildman–Crippen LogP) is 1.02. The number of amides is 1. The van der Waals surface area contributed by atoms with E-state index in [4.69, 9.17) is 15.2 Å². The topological polar surface area (TPSA) is 86.5 Å². The standard InChI is InChI=1S/C13H15N3O3S/c14-10-11-9(2-1-3-15-11)20-12(10)13(17)16-6-8-7-18-4-5-19-8/h1-3,8H,4-7,14H2,(H,16,17). The molecule has 0 spiro atoms. The van der Waals surface area contributed by atoms with Crippen LogP contribution in [-0.2, 0) is 9.47 Å². The van der Waals surface area contributed by atoms with Crippen molar-refractivity contribution in [3.05, 3.63) is 23.2 Å². The van der Waals surface area contributed by atoms with E-state index in [9.17, 15) is 4.79 Å². The molecule has 7 heteroatoms. The summed E-state index contributed by atoms with van der Waals surface area (Å²) in [7, 11) is 0. The zero-order chi connectivity index (χ0) is 13.9. The Morgan fingerprint density at radius 3 is 3.20 bits per heavy atom. The molecule has 3 heterocycles. The summed E-state index contributed by atoms with van der Waals surface area (Å²) >= 11 is 1.35. The van der Waals surface area contributed by atoms with Crippen LogP contribution in [0.3, 0.4) is 0 Å². The molecule has 0 aromatic carbocycles. The van der Waals surface area contributed by atoms with Gasteiger partial charge in [-0.2, -0.15) is 0 Å². The van der Waals surface area contributed by atoms with E-state index in [0.29, 0.717) is 42.4 Å². The third-order valence-corrected chi connectivity index (χ3v) is 4.22. The summed E-state index contributed by atoms with van der Waals surface area (Å²) < 4.78 is 11.7. The second-order valence-electron chi connectivity index (χ2n) is 4.47. The fraction of sp³-hybridized carbons (Fsp3) is 0.385. The zero-order valence-electron chi connectivity index (χ0n) is 10.8. The summed E-state index contributed by atoms with van der Waals surface area (Å²) in [6.45, 7) is 2.10. The minimum atomic E-state index is -0.195. The molecule has 2 aromatic heterocycles. The molecule has 3 N–H and O–H groups in total. The molecule has 0 saturated carbocycles. The maximum absolute atomic E-state index is 12.2. The molecule has 6 nitrogen and oxygen atoms in total. The van der Waals surface area contributed by atoms with Gasteiger partial charge in [0.25, 0.3) is 5.91 Å². The van der Waals surface area contributed by atoms with Crippen LogP contribution in [-0.4, -0.2) is 43.4 Å². The molecule has 1 amide bonds. The van der Waals surface area contributed by atoms with Crippen LogP contribution < -0.4 is 11.1 Å². The highest BCUT2D eigenvalue weighted by Crippen LogP contribution is 2.31. The number of hydrogen-bond acceptors (Lipinski definition) is 6. The van der Waals surface area contributed by atoms with Gasteiger partial charge >= 0.3 is 0 Å². The number of pyridine rings is 1. The maximum Gasteiger partial charge on any atom is 0.263 e. The van der Waals surface area contributed by atoms with E-state index in [-0.39, 0.29) is 12.0 Å². The van der Waals surface area contributed by atoms with Gasteiger partial charge in [0.05, 0.1) is 36.3 Å². The van der Waals surface area contributed by atoms with Gasteiger partial charge in [0.15, 0.2) is 0 Å². The average Bonchev–Trinajstić information content (AvgIpc) is 2.84. The molecular formula is C13H15N3O3S. The van der Waals surface area contributed by atoms with E-state index in [2.05, 4.69) is 10.3 Å². The second kappa shape index (κ2) is 5.74. The van der Waals surface area contributed by atoms with E-state index in [1.54, 1.807) is 6.20 Å². The molecule has 1 fully saturated rings. The molecule has 1 saturated heterocycles. The number of carbonyl (C=O) groups excluding carboxylic acids is 1. The third kappa shape index (κ3) is 2.60. The smallest absolute Gasteiger partial charge is 0.263 e. The van der Waals surface area contributed by atoms with Crippen molar-refractivity contribution in [3.63, 3.8) is 0 Å². The van der Waals surface area contributed by atoms with E-state index < -0.39 is 0 Å². The molecule has 3 rings (SSSR count). The molecule has 0 radical (unpaired) electrons. The van der Waals surface area contributed by atoms with E-state index in [0.717, 1.165) is 4.70 Å². The van der Waals surface area contributed by atoms with Gasteiger partial charge in [-0.15, -0.1) is 11.3 Å². The zero-order valence-corrected chi connectivity index (χ0v) is 11.6. The molecule has 1 unspecified atom stereocenters. The summed E-state index contributed by atoms with van der Waals surface area (Å²) in [6, 6.07) is 3.73. The minimum Gasteiger partial charge on any atom is -0.396 e. The lowest BCUT2D eigenvalue weighted by molar-refractivity contribution is -0.0855. The van der Waals surface area contributed by atoms with Crippen LogP contribution in [0.5, 0.6) is 0 Å². The fourth-order valence-corrected chi connectivity index (χ4v) is 3.05. The van der Waals surface area contributed by atoms with Crippen molar-refractivity contribution in [1.29, 1.82) is 0 Å². The van der Waals surface area contributed by atoms with Crippen LogP contribution in [0.4, 0.5) is 5.69 Å². The van der Waals surface area contributed by atoms with Crippen LogP contribution >= 0.6 is 11.3 Å². The number of nitrogens with one attached hydrogen (secondary N) is 1. The van der Waals surface area contributed by atoms with Crippen molar-refractivity contribution in [2.75, 3.05) is 32.1 Å².